The van der Waals surface area contributed by atoms with Crippen molar-refractivity contribution in [2.24, 2.45) is 0 Å². The van der Waals surface area contributed by atoms with Gasteiger partial charge in [-0.1, -0.05) is 45.8 Å². The second-order valence-electron chi connectivity index (χ2n) is 6.81. The number of carbonyl (C=O) groups excluding carboxylic acids is 1. The lowest BCUT2D eigenvalue weighted by molar-refractivity contribution is -0.136. The van der Waals surface area contributed by atoms with Crippen LogP contribution in [0.3, 0.4) is 0 Å². The zero-order valence-electron chi connectivity index (χ0n) is 15.1. The van der Waals surface area contributed by atoms with Gasteiger partial charge in [-0.15, -0.1) is 0 Å². The highest BCUT2D eigenvalue weighted by Crippen LogP contribution is 2.22. The summed E-state index contributed by atoms with van der Waals surface area (Å²) in [6, 6.07) is 14.8. The van der Waals surface area contributed by atoms with Crippen LogP contribution in [-0.2, 0) is 21.2 Å². The number of carbonyl (C=O) groups is 1. The molecule has 2 aromatic rings. The molecule has 1 fully saturated rings. The summed E-state index contributed by atoms with van der Waals surface area (Å²) in [5.74, 6) is 0.545. The predicted molar refractivity (Wildman–Crippen MR) is 108 cm³/mol. The van der Waals surface area contributed by atoms with Crippen LogP contribution in [-0.4, -0.2) is 43.4 Å². The van der Waals surface area contributed by atoms with Crippen LogP contribution in [0.1, 0.15) is 17.5 Å². The second kappa shape index (κ2) is 8.44. The maximum absolute atomic E-state index is 12.9. The summed E-state index contributed by atoms with van der Waals surface area (Å²) in [6.07, 6.45) is 0.465. The Morgan fingerprint density at radius 1 is 1.22 bits per heavy atom. The summed E-state index contributed by atoms with van der Waals surface area (Å²) < 4.78 is 30.4. The van der Waals surface area contributed by atoms with E-state index in [1.54, 1.807) is 4.90 Å². The Kier molecular flexibility index (Phi) is 6.22. The monoisotopic (exact) mass is 451 g/mol. The fraction of sp³-hybridized carbons (Fsp3) is 0.350. The van der Waals surface area contributed by atoms with Gasteiger partial charge in [-0.25, -0.2) is 8.42 Å². The van der Waals surface area contributed by atoms with Gasteiger partial charge in [0, 0.05) is 17.1 Å². The van der Waals surface area contributed by atoms with E-state index in [0.29, 0.717) is 18.7 Å². The van der Waals surface area contributed by atoms with Crippen LogP contribution in [0, 0.1) is 6.92 Å². The van der Waals surface area contributed by atoms with Crippen LogP contribution >= 0.6 is 15.9 Å². The van der Waals surface area contributed by atoms with E-state index in [0.717, 1.165) is 15.6 Å². The molecule has 0 bridgehead atoms. The molecule has 1 aliphatic rings. The number of rotatable bonds is 6. The zero-order valence-corrected chi connectivity index (χ0v) is 17.5. The molecular weight excluding hydrogens is 430 g/mol. The minimum atomic E-state index is -3.09. The fourth-order valence-electron chi connectivity index (χ4n) is 3.14. The molecule has 0 radical (unpaired) electrons. The first-order chi connectivity index (χ1) is 12.8. The normalized spacial score (nSPS) is 18.2. The van der Waals surface area contributed by atoms with Crippen molar-refractivity contribution in [2.75, 3.05) is 18.1 Å². The molecule has 3 rings (SSSR count). The molecule has 1 heterocycles. The van der Waals surface area contributed by atoms with E-state index in [1.807, 2.05) is 55.5 Å². The topological polar surface area (TPSA) is 63.7 Å². The Balaban J connectivity index is 1.73. The van der Waals surface area contributed by atoms with Crippen LogP contribution in [0.5, 0.6) is 5.75 Å². The van der Waals surface area contributed by atoms with Crippen LogP contribution in [0.15, 0.2) is 53.0 Å². The van der Waals surface area contributed by atoms with Gasteiger partial charge >= 0.3 is 0 Å². The van der Waals surface area contributed by atoms with Gasteiger partial charge in [0.25, 0.3) is 5.91 Å². The third-order valence-electron chi connectivity index (χ3n) is 4.59. The van der Waals surface area contributed by atoms with E-state index in [4.69, 9.17) is 4.74 Å². The van der Waals surface area contributed by atoms with Crippen molar-refractivity contribution in [3.8, 4) is 5.75 Å². The van der Waals surface area contributed by atoms with E-state index in [-0.39, 0.29) is 30.1 Å². The summed E-state index contributed by atoms with van der Waals surface area (Å²) in [7, 11) is -3.09. The summed E-state index contributed by atoms with van der Waals surface area (Å²) in [5, 5.41) is 0. The van der Waals surface area contributed by atoms with Crippen LogP contribution in [0.25, 0.3) is 0 Å². The Morgan fingerprint density at radius 2 is 1.96 bits per heavy atom. The summed E-state index contributed by atoms with van der Waals surface area (Å²) in [6.45, 7) is 2.22. The highest BCUT2D eigenvalue weighted by atomic mass is 79.9. The van der Waals surface area contributed by atoms with E-state index >= 15 is 0 Å². The largest absolute Gasteiger partial charge is 0.484 e. The first-order valence-electron chi connectivity index (χ1n) is 8.76. The zero-order chi connectivity index (χ0) is 19.4. The molecule has 0 spiro atoms. The SMILES string of the molecule is Cc1ccc(OCC(=O)N(Cc2cccc(Br)c2)[C@@H]2CCS(=O)(=O)C2)cc1. The van der Waals surface area contributed by atoms with E-state index in [2.05, 4.69) is 15.9 Å². The summed E-state index contributed by atoms with van der Waals surface area (Å²) in [4.78, 5) is 14.5. The number of hydrogen-bond donors (Lipinski definition) is 0. The van der Waals surface area contributed by atoms with Crippen molar-refractivity contribution in [3.63, 3.8) is 0 Å². The quantitative estimate of drug-likeness (QED) is 0.675. The highest BCUT2D eigenvalue weighted by Gasteiger charge is 2.34. The number of hydrogen-bond acceptors (Lipinski definition) is 4. The van der Waals surface area contributed by atoms with E-state index in [1.165, 1.54) is 0 Å². The van der Waals surface area contributed by atoms with Crippen molar-refractivity contribution < 1.29 is 17.9 Å². The van der Waals surface area contributed by atoms with Gasteiger partial charge in [-0.05, 0) is 43.2 Å². The van der Waals surface area contributed by atoms with Crippen molar-refractivity contribution in [1.82, 2.24) is 4.90 Å². The third-order valence-corrected chi connectivity index (χ3v) is 6.84. The second-order valence-corrected chi connectivity index (χ2v) is 9.95. The van der Waals surface area contributed by atoms with Crippen molar-refractivity contribution in [2.45, 2.75) is 25.9 Å². The Morgan fingerprint density at radius 3 is 2.59 bits per heavy atom. The summed E-state index contributed by atoms with van der Waals surface area (Å²) >= 11 is 3.43. The van der Waals surface area contributed by atoms with Crippen molar-refractivity contribution in [3.05, 3.63) is 64.1 Å². The lowest BCUT2D eigenvalue weighted by atomic mass is 10.1. The number of ether oxygens (including phenoxy) is 1. The van der Waals surface area contributed by atoms with E-state index < -0.39 is 9.84 Å². The number of halogens is 1. The molecule has 0 aliphatic carbocycles. The number of aryl methyl sites for hydroxylation is 1. The smallest absolute Gasteiger partial charge is 0.261 e. The number of amides is 1. The fourth-order valence-corrected chi connectivity index (χ4v) is 5.31. The molecular formula is C20H22BrNO4S. The predicted octanol–water partition coefficient (Wildman–Crippen LogP) is 3.35. The van der Waals surface area contributed by atoms with Crippen LogP contribution < -0.4 is 4.74 Å². The molecule has 1 aliphatic heterocycles. The lowest BCUT2D eigenvalue weighted by Crippen LogP contribution is -2.43. The molecule has 1 saturated heterocycles. The van der Waals surface area contributed by atoms with Gasteiger partial charge in [-0.2, -0.15) is 0 Å². The Bertz CT molecular complexity index is 912. The van der Waals surface area contributed by atoms with Gasteiger partial charge in [0.05, 0.1) is 11.5 Å². The average Bonchev–Trinajstić information content (AvgIpc) is 2.98. The minimum absolute atomic E-state index is 0.0112. The van der Waals surface area contributed by atoms with Crippen LogP contribution in [0.2, 0.25) is 0 Å². The Hall–Kier alpha value is -1.86. The maximum atomic E-state index is 12.9. The molecule has 1 amide bonds. The maximum Gasteiger partial charge on any atom is 0.261 e. The number of sulfone groups is 1. The molecule has 1 atom stereocenters. The van der Waals surface area contributed by atoms with Crippen molar-refractivity contribution >= 4 is 31.7 Å². The van der Waals surface area contributed by atoms with Crippen molar-refractivity contribution in [1.29, 1.82) is 0 Å². The molecule has 0 saturated carbocycles. The number of nitrogens with zero attached hydrogens (tertiary/aromatic N) is 1. The molecule has 0 N–H and O–H groups in total. The first-order valence-corrected chi connectivity index (χ1v) is 11.4. The van der Waals surface area contributed by atoms with E-state index in [9.17, 15) is 13.2 Å². The van der Waals surface area contributed by atoms with Gasteiger partial charge in [0.2, 0.25) is 0 Å². The molecule has 27 heavy (non-hydrogen) atoms. The highest BCUT2D eigenvalue weighted by molar-refractivity contribution is 9.10. The minimum Gasteiger partial charge on any atom is -0.484 e. The standard InChI is InChI=1S/C20H22BrNO4S/c1-15-5-7-19(8-6-15)26-13-20(23)22(18-9-10-27(24,25)14-18)12-16-3-2-4-17(21)11-16/h2-8,11,18H,9-10,12-14H2,1H3/t18-/m1/s1. The third kappa shape index (κ3) is 5.56. The van der Waals surface area contributed by atoms with Gasteiger partial charge in [0.1, 0.15) is 5.75 Å². The van der Waals surface area contributed by atoms with Gasteiger partial charge in [0.15, 0.2) is 16.4 Å². The molecule has 5 nitrogen and oxygen atoms in total. The molecule has 2 aromatic carbocycles. The van der Waals surface area contributed by atoms with Gasteiger partial charge < -0.3 is 9.64 Å². The van der Waals surface area contributed by atoms with Gasteiger partial charge in [-0.3, -0.25) is 4.79 Å². The Labute approximate surface area is 168 Å². The lowest BCUT2D eigenvalue weighted by Gasteiger charge is -2.28. The molecule has 144 valence electrons. The number of benzene rings is 2. The summed E-state index contributed by atoms with van der Waals surface area (Å²) in [5.41, 5.74) is 2.05. The average molecular weight is 452 g/mol. The van der Waals surface area contributed by atoms with Crippen LogP contribution in [0.4, 0.5) is 0 Å². The molecule has 7 heteroatoms. The first kappa shape index (κ1) is 19.9. The molecule has 0 aromatic heterocycles. The molecule has 0 unspecified atom stereocenters.